The molecule has 0 aromatic rings. The standard InChI is InChI=1S/C29H55NO12S/c1-11-20-29(8,37)24(34)16(4)21(31)14(2)13-28(7,36)25(17(5)22(32)18(6)26(35)41-20)42-27-23(33)19(12-15(3)40-27)30(9)43(10,38)39/h14-25,27,31-34,36-37H,11-13H2,1-10H3/t14-,15-,16+,17+,18-,19+,20-,21+,22+,23-,24-,25-,27+,28?,29-/m1/s1. The van der Waals surface area contributed by atoms with Crippen LogP contribution in [0.2, 0.25) is 0 Å². The predicted molar refractivity (Wildman–Crippen MR) is 157 cm³/mol. The molecular weight excluding hydrogens is 586 g/mol. The summed E-state index contributed by atoms with van der Waals surface area (Å²) < 4.78 is 43.3. The third-order valence-electron chi connectivity index (χ3n) is 9.63. The Kier molecular flexibility index (Phi) is 12.7. The summed E-state index contributed by atoms with van der Waals surface area (Å²) in [5.41, 5.74) is -3.74. The molecule has 2 aliphatic rings. The Hall–Kier alpha value is -0.940. The van der Waals surface area contributed by atoms with Crippen molar-refractivity contribution in [3.05, 3.63) is 0 Å². The molecule has 1 unspecified atom stereocenters. The number of hydrogen-bond donors (Lipinski definition) is 6. The van der Waals surface area contributed by atoms with E-state index in [-0.39, 0.29) is 19.3 Å². The largest absolute Gasteiger partial charge is 0.459 e. The van der Waals surface area contributed by atoms with Crippen LogP contribution < -0.4 is 0 Å². The number of hydrogen-bond acceptors (Lipinski definition) is 12. The molecule has 0 aliphatic carbocycles. The molecule has 15 atom stereocenters. The average molecular weight is 642 g/mol. The maximum absolute atomic E-state index is 13.2. The molecule has 254 valence electrons. The molecular formula is C29H55NO12S. The molecule has 0 bridgehead atoms. The second-order valence-corrected chi connectivity index (χ2v) is 15.5. The van der Waals surface area contributed by atoms with Gasteiger partial charge >= 0.3 is 5.97 Å². The molecule has 14 heteroatoms. The van der Waals surface area contributed by atoms with E-state index < -0.39 is 106 Å². The molecule has 0 saturated carbocycles. The summed E-state index contributed by atoms with van der Waals surface area (Å²) in [6.07, 6.45) is -8.83. The predicted octanol–water partition coefficient (Wildman–Crippen LogP) is -0.0180. The second-order valence-electron chi connectivity index (χ2n) is 13.5. The Morgan fingerprint density at radius 1 is 0.977 bits per heavy atom. The molecule has 2 saturated heterocycles. The fraction of sp³-hybridized carbons (Fsp3) is 0.966. The summed E-state index contributed by atoms with van der Waals surface area (Å²) in [4.78, 5) is 13.2. The summed E-state index contributed by atoms with van der Waals surface area (Å²) >= 11 is 0. The number of ether oxygens (including phenoxy) is 3. The van der Waals surface area contributed by atoms with E-state index in [1.165, 1.54) is 27.8 Å². The first kappa shape index (κ1) is 38.2. The minimum atomic E-state index is -3.69. The first-order chi connectivity index (χ1) is 19.5. The molecule has 2 aliphatic heterocycles. The Labute approximate surface area is 256 Å². The van der Waals surface area contributed by atoms with Gasteiger partial charge in [-0.15, -0.1) is 0 Å². The summed E-state index contributed by atoms with van der Waals surface area (Å²) in [5.74, 6) is -4.58. The van der Waals surface area contributed by atoms with Crippen molar-refractivity contribution < 1.29 is 58.1 Å². The number of esters is 1. The zero-order chi connectivity index (χ0) is 33.4. The zero-order valence-corrected chi connectivity index (χ0v) is 27.9. The normalized spacial score (nSPS) is 48.0. The van der Waals surface area contributed by atoms with Crippen LogP contribution in [0.3, 0.4) is 0 Å². The third kappa shape index (κ3) is 8.46. The minimum absolute atomic E-state index is 0.115. The first-order valence-electron chi connectivity index (χ1n) is 15.1. The van der Waals surface area contributed by atoms with Crippen LogP contribution in [0.5, 0.6) is 0 Å². The van der Waals surface area contributed by atoms with Crippen molar-refractivity contribution in [2.45, 2.75) is 141 Å². The topological polar surface area (TPSA) is 204 Å². The fourth-order valence-corrected chi connectivity index (χ4v) is 7.39. The van der Waals surface area contributed by atoms with Gasteiger partial charge in [0.15, 0.2) is 6.29 Å². The second kappa shape index (κ2) is 14.2. The van der Waals surface area contributed by atoms with Crippen LogP contribution in [0.4, 0.5) is 0 Å². The quantitative estimate of drug-likeness (QED) is 0.219. The summed E-state index contributed by atoms with van der Waals surface area (Å²) in [7, 11) is -2.34. The summed E-state index contributed by atoms with van der Waals surface area (Å²) in [6.45, 7) is 12.3. The number of aliphatic hydroxyl groups is 6. The van der Waals surface area contributed by atoms with Crippen molar-refractivity contribution in [1.82, 2.24) is 4.31 Å². The highest BCUT2D eigenvalue weighted by Crippen LogP contribution is 2.38. The highest BCUT2D eigenvalue weighted by Gasteiger charge is 2.51. The first-order valence-corrected chi connectivity index (χ1v) is 16.9. The van der Waals surface area contributed by atoms with Crippen molar-refractivity contribution in [2.24, 2.45) is 23.7 Å². The lowest BCUT2D eigenvalue weighted by molar-refractivity contribution is -0.298. The van der Waals surface area contributed by atoms with Crippen molar-refractivity contribution in [3.8, 4) is 0 Å². The Morgan fingerprint density at radius 3 is 2.05 bits per heavy atom. The van der Waals surface area contributed by atoms with Gasteiger partial charge in [-0.2, -0.15) is 4.31 Å². The lowest BCUT2D eigenvalue weighted by Gasteiger charge is -2.47. The minimum Gasteiger partial charge on any atom is -0.459 e. The molecule has 2 rings (SSSR count). The van der Waals surface area contributed by atoms with E-state index >= 15 is 0 Å². The Bertz CT molecular complexity index is 1040. The SMILES string of the molecule is CC[C@H]1OC(=O)[C@H](C)[C@@H](O)[C@H](C)[C@@H](O[C@@H]2O[C@H](C)C[C@H](N(C)S(C)(=O)=O)[C@H]2O)C(C)(O)C[C@@H](C)[C@H](O)[C@H](C)[C@@H](O)[C@]1(C)O. The maximum atomic E-state index is 13.2. The van der Waals surface area contributed by atoms with Crippen molar-refractivity contribution >= 4 is 16.0 Å². The van der Waals surface area contributed by atoms with Gasteiger partial charge in [0, 0.05) is 18.9 Å². The number of nitrogens with zero attached hydrogens (tertiary/aromatic N) is 1. The number of carbonyl (C=O) groups excluding carboxylic acids is 1. The van der Waals surface area contributed by atoms with Crippen LogP contribution in [-0.2, 0) is 29.0 Å². The highest BCUT2D eigenvalue weighted by atomic mass is 32.2. The zero-order valence-electron chi connectivity index (χ0n) is 27.1. The molecule has 0 spiro atoms. The van der Waals surface area contributed by atoms with Gasteiger partial charge in [-0.05, 0) is 52.9 Å². The average Bonchev–Trinajstić information content (AvgIpc) is 2.91. The van der Waals surface area contributed by atoms with Gasteiger partial charge in [0.2, 0.25) is 10.0 Å². The van der Waals surface area contributed by atoms with Crippen LogP contribution in [0, 0.1) is 23.7 Å². The highest BCUT2D eigenvalue weighted by molar-refractivity contribution is 7.88. The smallest absolute Gasteiger partial charge is 0.311 e. The van der Waals surface area contributed by atoms with Gasteiger partial charge in [0.25, 0.3) is 0 Å². The molecule has 43 heavy (non-hydrogen) atoms. The molecule has 6 N–H and O–H groups in total. The van der Waals surface area contributed by atoms with Gasteiger partial charge in [0.05, 0.1) is 54.3 Å². The third-order valence-corrected chi connectivity index (χ3v) is 10.9. The lowest BCUT2D eigenvalue weighted by Crippen LogP contribution is -2.60. The van der Waals surface area contributed by atoms with E-state index in [9.17, 15) is 43.9 Å². The summed E-state index contributed by atoms with van der Waals surface area (Å²) in [6, 6.07) is -0.900. The fourth-order valence-electron chi connectivity index (χ4n) is 6.68. The maximum Gasteiger partial charge on any atom is 0.311 e. The van der Waals surface area contributed by atoms with Crippen molar-refractivity contribution in [3.63, 3.8) is 0 Å². The number of sulfonamides is 1. The van der Waals surface area contributed by atoms with Gasteiger partial charge in [0.1, 0.15) is 17.8 Å². The molecule has 2 heterocycles. The van der Waals surface area contributed by atoms with E-state index in [1.54, 1.807) is 34.6 Å². The van der Waals surface area contributed by atoms with Gasteiger partial charge in [-0.3, -0.25) is 4.79 Å². The Morgan fingerprint density at radius 2 is 1.53 bits per heavy atom. The Balaban J connectivity index is 2.57. The van der Waals surface area contributed by atoms with Crippen LogP contribution in [0.1, 0.15) is 74.7 Å². The van der Waals surface area contributed by atoms with E-state index in [0.717, 1.165) is 10.6 Å². The van der Waals surface area contributed by atoms with Crippen molar-refractivity contribution in [2.75, 3.05) is 13.3 Å². The van der Waals surface area contributed by atoms with E-state index in [1.807, 2.05) is 0 Å². The number of carbonyl (C=O) groups is 1. The monoisotopic (exact) mass is 641 g/mol. The van der Waals surface area contributed by atoms with E-state index in [2.05, 4.69) is 0 Å². The van der Waals surface area contributed by atoms with E-state index in [0.29, 0.717) is 0 Å². The van der Waals surface area contributed by atoms with Crippen LogP contribution in [0.15, 0.2) is 0 Å². The van der Waals surface area contributed by atoms with Gasteiger partial charge < -0.3 is 44.8 Å². The molecule has 0 amide bonds. The molecule has 2 fully saturated rings. The number of cyclic esters (lactones) is 1. The van der Waals surface area contributed by atoms with E-state index in [4.69, 9.17) is 14.2 Å². The molecule has 0 radical (unpaired) electrons. The number of likely N-dealkylation sites (N-methyl/N-ethyl adjacent to an activating group) is 1. The van der Waals surface area contributed by atoms with Gasteiger partial charge in [-0.1, -0.05) is 27.7 Å². The van der Waals surface area contributed by atoms with Gasteiger partial charge in [-0.25, -0.2) is 8.42 Å². The molecule has 0 aromatic heterocycles. The molecule has 13 nitrogen and oxygen atoms in total. The van der Waals surface area contributed by atoms with Crippen molar-refractivity contribution in [1.29, 1.82) is 0 Å². The molecule has 0 aromatic carbocycles. The van der Waals surface area contributed by atoms with Crippen LogP contribution >= 0.6 is 0 Å². The lowest BCUT2D eigenvalue weighted by atomic mass is 9.73. The summed E-state index contributed by atoms with van der Waals surface area (Å²) in [5, 5.41) is 68.0. The number of aliphatic hydroxyl groups excluding tert-OH is 4. The van der Waals surface area contributed by atoms with Crippen LogP contribution in [0.25, 0.3) is 0 Å². The number of rotatable bonds is 5. The van der Waals surface area contributed by atoms with Crippen LogP contribution in [-0.4, -0.2) is 129 Å².